The van der Waals surface area contributed by atoms with Crippen molar-refractivity contribution in [1.82, 2.24) is 0 Å². The van der Waals surface area contributed by atoms with Crippen LogP contribution in [0.3, 0.4) is 0 Å². The number of anilines is 1. The molecule has 1 unspecified atom stereocenters. The fraction of sp³-hybridized carbons (Fsp3) is 0.300. The Labute approximate surface area is 122 Å². The largest absolute Gasteiger partial charge is 0.308 e. The maximum absolute atomic E-state index is 13.7. The summed E-state index contributed by atoms with van der Waals surface area (Å²) in [6, 6.07) is 4.39. The summed E-state index contributed by atoms with van der Waals surface area (Å²) in [6.07, 6.45) is -0.211. The van der Waals surface area contributed by atoms with Crippen molar-refractivity contribution >= 4 is 53.9 Å². The third-order valence-corrected chi connectivity index (χ3v) is 5.23. The molecule has 1 aliphatic heterocycles. The predicted molar refractivity (Wildman–Crippen MR) is 74.6 cm³/mol. The van der Waals surface area contributed by atoms with Gasteiger partial charge in [0.1, 0.15) is 11.1 Å². The van der Waals surface area contributed by atoms with E-state index in [-0.39, 0.29) is 18.7 Å². The number of rotatable bonds is 2. The van der Waals surface area contributed by atoms with E-state index in [1.54, 1.807) is 6.07 Å². The molecule has 1 fully saturated rings. The number of nitrogens with zero attached hydrogens (tertiary/aromatic N) is 1. The van der Waals surface area contributed by atoms with Gasteiger partial charge in [0.25, 0.3) is 0 Å². The molecule has 1 atom stereocenters. The minimum absolute atomic E-state index is 0.0863. The first kappa shape index (κ1) is 14.0. The van der Waals surface area contributed by atoms with Crippen molar-refractivity contribution in [3.05, 3.63) is 27.6 Å². The summed E-state index contributed by atoms with van der Waals surface area (Å²) in [5.41, 5.74) is 0.0863. The van der Waals surface area contributed by atoms with Gasteiger partial charge in [0.15, 0.2) is 0 Å². The van der Waals surface area contributed by atoms with E-state index in [2.05, 4.69) is 0 Å². The third kappa shape index (κ3) is 2.77. The standard InChI is InChI=1S/C10H8ClFINO3S/c11-18(16,17)7-4-10(15)14(5-7)9-2-1-6(13)3-8(9)12/h1-3,7H,4-5H2. The summed E-state index contributed by atoms with van der Waals surface area (Å²) >= 11 is 1.95. The average Bonchev–Trinajstić information content (AvgIpc) is 2.60. The molecule has 1 amide bonds. The van der Waals surface area contributed by atoms with Gasteiger partial charge in [-0.15, -0.1) is 0 Å². The minimum atomic E-state index is -3.81. The first-order valence-corrected chi connectivity index (χ1v) is 8.43. The van der Waals surface area contributed by atoms with Gasteiger partial charge in [0.2, 0.25) is 15.0 Å². The molecule has 0 saturated carbocycles. The van der Waals surface area contributed by atoms with Crippen molar-refractivity contribution in [3.8, 4) is 0 Å². The molecule has 4 nitrogen and oxygen atoms in total. The van der Waals surface area contributed by atoms with E-state index in [1.165, 1.54) is 12.1 Å². The van der Waals surface area contributed by atoms with E-state index in [1.807, 2.05) is 22.6 Å². The smallest absolute Gasteiger partial charge is 0.237 e. The van der Waals surface area contributed by atoms with Gasteiger partial charge in [0, 0.05) is 27.2 Å². The van der Waals surface area contributed by atoms with E-state index in [0.29, 0.717) is 3.57 Å². The van der Waals surface area contributed by atoms with Crippen LogP contribution in [0.15, 0.2) is 18.2 Å². The molecular weight excluding hydrogens is 396 g/mol. The lowest BCUT2D eigenvalue weighted by Gasteiger charge is -2.17. The monoisotopic (exact) mass is 403 g/mol. The van der Waals surface area contributed by atoms with Gasteiger partial charge in [0.05, 0.1) is 5.69 Å². The predicted octanol–water partition coefficient (Wildman–Crippen LogP) is 2.10. The average molecular weight is 404 g/mol. The third-order valence-electron chi connectivity index (χ3n) is 2.69. The van der Waals surface area contributed by atoms with Crippen molar-refractivity contribution in [1.29, 1.82) is 0 Å². The summed E-state index contributed by atoms with van der Waals surface area (Å²) in [5.74, 6) is -0.993. The van der Waals surface area contributed by atoms with Crippen LogP contribution in [0.1, 0.15) is 6.42 Å². The summed E-state index contributed by atoms with van der Waals surface area (Å²) in [5, 5.41) is -0.981. The van der Waals surface area contributed by atoms with Crippen LogP contribution in [0.5, 0.6) is 0 Å². The fourth-order valence-electron chi connectivity index (χ4n) is 1.80. The molecule has 2 rings (SSSR count). The van der Waals surface area contributed by atoms with Crippen LogP contribution in [-0.4, -0.2) is 26.1 Å². The highest BCUT2D eigenvalue weighted by molar-refractivity contribution is 14.1. The highest BCUT2D eigenvalue weighted by atomic mass is 127. The van der Waals surface area contributed by atoms with E-state index < -0.39 is 26.0 Å². The van der Waals surface area contributed by atoms with Crippen molar-refractivity contribution < 1.29 is 17.6 Å². The van der Waals surface area contributed by atoms with E-state index >= 15 is 0 Å². The molecule has 98 valence electrons. The molecule has 8 heteroatoms. The number of halogens is 3. The molecule has 1 aromatic carbocycles. The molecule has 1 aliphatic rings. The first-order valence-electron chi connectivity index (χ1n) is 4.98. The quantitative estimate of drug-likeness (QED) is 0.561. The summed E-state index contributed by atoms with van der Waals surface area (Å²) in [4.78, 5) is 12.8. The van der Waals surface area contributed by atoms with Crippen molar-refractivity contribution in [2.45, 2.75) is 11.7 Å². The minimum Gasteiger partial charge on any atom is -0.308 e. The Hall–Kier alpha value is -0.410. The number of hydrogen-bond donors (Lipinski definition) is 0. The van der Waals surface area contributed by atoms with Crippen LogP contribution in [-0.2, 0) is 13.8 Å². The topological polar surface area (TPSA) is 54.5 Å². The van der Waals surface area contributed by atoms with Crippen LogP contribution in [0.2, 0.25) is 0 Å². The Kier molecular flexibility index (Phi) is 3.84. The number of benzene rings is 1. The molecular formula is C10H8ClFINO3S. The molecule has 0 aliphatic carbocycles. The maximum atomic E-state index is 13.7. The van der Waals surface area contributed by atoms with Crippen LogP contribution in [0.4, 0.5) is 10.1 Å². The Balaban J connectivity index is 2.33. The van der Waals surface area contributed by atoms with E-state index in [4.69, 9.17) is 10.7 Å². The molecule has 0 radical (unpaired) electrons. The fourth-order valence-corrected chi connectivity index (χ4v) is 3.28. The Morgan fingerprint density at radius 2 is 2.11 bits per heavy atom. The van der Waals surface area contributed by atoms with Crippen molar-refractivity contribution in [3.63, 3.8) is 0 Å². The molecule has 1 aromatic rings. The maximum Gasteiger partial charge on any atom is 0.237 e. The summed E-state index contributed by atoms with van der Waals surface area (Å²) < 4.78 is 36.8. The lowest BCUT2D eigenvalue weighted by Crippen LogP contribution is -2.27. The van der Waals surface area contributed by atoms with Gasteiger partial charge >= 0.3 is 0 Å². The van der Waals surface area contributed by atoms with Gasteiger partial charge in [-0.1, -0.05) is 0 Å². The zero-order valence-electron chi connectivity index (χ0n) is 8.94. The second-order valence-electron chi connectivity index (χ2n) is 3.90. The molecule has 0 bridgehead atoms. The van der Waals surface area contributed by atoms with Crippen LogP contribution in [0, 0.1) is 9.39 Å². The SMILES string of the molecule is O=C1CC(S(=O)(=O)Cl)CN1c1ccc(I)cc1F. The number of carbonyl (C=O) groups is 1. The van der Waals surface area contributed by atoms with Gasteiger partial charge < -0.3 is 4.90 Å². The zero-order chi connectivity index (χ0) is 13.5. The Morgan fingerprint density at radius 1 is 1.44 bits per heavy atom. The molecule has 1 saturated heterocycles. The molecule has 0 aromatic heterocycles. The van der Waals surface area contributed by atoms with Crippen molar-refractivity contribution in [2.75, 3.05) is 11.4 Å². The number of hydrogen-bond acceptors (Lipinski definition) is 3. The summed E-state index contributed by atoms with van der Waals surface area (Å²) in [6.45, 7) is -0.109. The summed E-state index contributed by atoms with van der Waals surface area (Å²) in [7, 11) is 1.41. The van der Waals surface area contributed by atoms with Gasteiger partial charge in [-0.3, -0.25) is 4.79 Å². The second-order valence-corrected chi connectivity index (χ2v) is 8.06. The highest BCUT2D eigenvalue weighted by Gasteiger charge is 2.38. The molecule has 1 heterocycles. The van der Waals surface area contributed by atoms with Gasteiger partial charge in [-0.25, -0.2) is 12.8 Å². The zero-order valence-corrected chi connectivity index (χ0v) is 12.7. The Morgan fingerprint density at radius 3 is 2.61 bits per heavy atom. The van der Waals surface area contributed by atoms with Crippen LogP contribution in [0.25, 0.3) is 0 Å². The Bertz CT molecular complexity index is 607. The molecule has 0 N–H and O–H groups in total. The highest BCUT2D eigenvalue weighted by Crippen LogP contribution is 2.29. The molecule has 18 heavy (non-hydrogen) atoms. The lowest BCUT2D eigenvalue weighted by atomic mass is 10.3. The number of carbonyl (C=O) groups excluding carboxylic acids is 1. The molecule has 0 spiro atoms. The van der Waals surface area contributed by atoms with E-state index in [9.17, 15) is 17.6 Å². The van der Waals surface area contributed by atoms with Crippen LogP contribution >= 0.6 is 33.3 Å². The van der Waals surface area contributed by atoms with Gasteiger partial charge in [-0.2, -0.15) is 0 Å². The number of amides is 1. The lowest BCUT2D eigenvalue weighted by molar-refractivity contribution is -0.117. The normalized spacial score (nSPS) is 20.5. The van der Waals surface area contributed by atoms with Crippen LogP contribution < -0.4 is 4.90 Å². The van der Waals surface area contributed by atoms with Gasteiger partial charge in [-0.05, 0) is 40.8 Å². The van der Waals surface area contributed by atoms with Crippen molar-refractivity contribution in [2.24, 2.45) is 0 Å². The first-order chi connectivity index (χ1) is 8.29. The van der Waals surface area contributed by atoms with E-state index in [0.717, 1.165) is 4.90 Å². The second kappa shape index (κ2) is 4.93.